The second-order valence-electron chi connectivity index (χ2n) is 7.09. The van der Waals surface area contributed by atoms with Crippen LogP contribution in [0.4, 0.5) is 5.82 Å². The minimum absolute atomic E-state index is 0.00409. The van der Waals surface area contributed by atoms with Crippen molar-refractivity contribution in [3.63, 3.8) is 0 Å². The Morgan fingerprint density at radius 1 is 1.21 bits per heavy atom. The molecule has 2 aromatic heterocycles. The molecule has 1 unspecified atom stereocenters. The largest absolute Gasteiger partial charge is 0.310 e. The lowest BCUT2D eigenvalue weighted by Gasteiger charge is -2.24. The number of carbonyl (C=O) groups excluding carboxylic acids is 1. The quantitative estimate of drug-likeness (QED) is 0.446. The number of hydrogen-bond donors (Lipinski definition) is 1. The van der Waals surface area contributed by atoms with E-state index in [1.807, 2.05) is 25.1 Å². The molecule has 1 amide bonds. The monoisotopic (exact) mass is 452 g/mol. The number of amides is 1. The van der Waals surface area contributed by atoms with E-state index >= 15 is 0 Å². The van der Waals surface area contributed by atoms with E-state index in [0.717, 1.165) is 42.5 Å². The maximum Gasteiger partial charge on any atom is 0.226 e. The van der Waals surface area contributed by atoms with Crippen LogP contribution in [0.5, 0.6) is 0 Å². The summed E-state index contributed by atoms with van der Waals surface area (Å²) in [7, 11) is 0. The molecule has 1 N–H and O–H groups in total. The Morgan fingerprint density at radius 2 is 2.07 bits per heavy atom. The average molecular weight is 453 g/mol. The van der Waals surface area contributed by atoms with Gasteiger partial charge in [0, 0.05) is 22.4 Å². The van der Waals surface area contributed by atoms with Gasteiger partial charge in [0.1, 0.15) is 5.82 Å². The van der Waals surface area contributed by atoms with E-state index in [1.54, 1.807) is 16.0 Å². The van der Waals surface area contributed by atoms with E-state index in [9.17, 15) is 4.79 Å². The van der Waals surface area contributed by atoms with Crippen LogP contribution in [-0.2, 0) is 4.79 Å². The lowest BCUT2D eigenvalue weighted by atomic mass is 9.86. The van der Waals surface area contributed by atoms with Gasteiger partial charge in [-0.15, -0.1) is 0 Å². The zero-order valence-corrected chi connectivity index (χ0v) is 17.8. The van der Waals surface area contributed by atoms with Gasteiger partial charge in [0.05, 0.1) is 15.9 Å². The third-order valence-electron chi connectivity index (χ3n) is 5.07. The van der Waals surface area contributed by atoms with E-state index in [4.69, 9.17) is 10.1 Å². The second kappa shape index (κ2) is 6.53. The Bertz CT molecular complexity index is 1240. The number of rotatable bonds is 2. The molecular formula is C21H17BrN4OS. The van der Waals surface area contributed by atoms with Gasteiger partial charge in [0.2, 0.25) is 11.0 Å². The van der Waals surface area contributed by atoms with Gasteiger partial charge in [0.15, 0.2) is 0 Å². The summed E-state index contributed by atoms with van der Waals surface area (Å²) >= 11 is 5.12. The van der Waals surface area contributed by atoms with Crippen molar-refractivity contribution in [1.82, 2.24) is 14.8 Å². The fourth-order valence-corrected chi connectivity index (χ4v) is 5.24. The van der Waals surface area contributed by atoms with Gasteiger partial charge < -0.3 is 5.32 Å². The molecule has 0 saturated heterocycles. The van der Waals surface area contributed by atoms with Crippen molar-refractivity contribution in [2.45, 2.75) is 26.2 Å². The summed E-state index contributed by atoms with van der Waals surface area (Å²) in [5, 5.41) is 8.55. The first-order valence-electron chi connectivity index (χ1n) is 9.02. The normalized spacial score (nSPS) is 16.2. The molecule has 0 radical (unpaired) electrons. The Morgan fingerprint density at radius 3 is 2.89 bits per heavy atom. The van der Waals surface area contributed by atoms with Crippen molar-refractivity contribution in [3.8, 4) is 5.13 Å². The molecule has 0 spiro atoms. The van der Waals surface area contributed by atoms with Gasteiger partial charge in [0.25, 0.3) is 0 Å². The van der Waals surface area contributed by atoms with Crippen LogP contribution in [-0.4, -0.2) is 20.7 Å². The van der Waals surface area contributed by atoms with Crippen molar-refractivity contribution in [2.24, 2.45) is 0 Å². The van der Waals surface area contributed by atoms with Crippen LogP contribution in [0.3, 0.4) is 0 Å². The Kier molecular flexibility index (Phi) is 4.10. The fourth-order valence-electron chi connectivity index (χ4n) is 3.80. The van der Waals surface area contributed by atoms with Crippen LogP contribution in [0, 0.1) is 13.8 Å². The number of aryl methyl sites for hydroxylation is 2. The summed E-state index contributed by atoms with van der Waals surface area (Å²) in [4.78, 5) is 17.3. The minimum Gasteiger partial charge on any atom is -0.310 e. The molecule has 1 aliphatic heterocycles. The molecule has 1 atom stereocenters. The molecule has 4 aromatic rings. The molecule has 3 heterocycles. The molecule has 1 aliphatic rings. The number of hydrogen-bond acceptors (Lipinski definition) is 4. The molecule has 5 rings (SSSR count). The molecule has 7 heteroatoms. The third kappa shape index (κ3) is 2.86. The number of nitrogens with one attached hydrogen (secondary N) is 1. The Labute approximate surface area is 174 Å². The maximum absolute atomic E-state index is 12.5. The van der Waals surface area contributed by atoms with Crippen LogP contribution >= 0.6 is 27.3 Å². The van der Waals surface area contributed by atoms with Crippen LogP contribution in [0.2, 0.25) is 0 Å². The standard InChI is InChI=1S/C21H17BrN4OS/c1-11-6-7-16-17(8-11)28-21(23-16)26-20-19(12(2)25-26)15(10-18(27)24-20)13-4-3-5-14(22)9-13/h3-9,15H,10H2,1-2H3,(H,24,27). The lowest BCUT2D eigenvalue weighted by molar-refractivity contribution is -0.116. The van der Waals surface area contributed by atoms with Crippen molar-refractivity contribution in [1.29, 1.82) is 0 Å². The van der Waals surface area contributed by atoms with E-state index < -0.39 is 0 Å². The highest BCUT2D eigenvalue weighted by Gasteiger charge is 2.33. The molecule has 0 aliphatic carbocycles. The van der Waals surface area contributed by atoms with Crippen LogP contribution in [0.15, 0.2) is 46.9 Å². The van der Waals surface area contributed by atoms with Gasteiger partial charge in [-0.3, -0.25) is 4.79 Å². The molecule has 0 bridgehead atoms. The highest BCUT2D eigenvalue weighted by atomic mass is 79.9. The van der Waals surface area contributed by atoms with Gasteiger partial charge in [-0.05, 0) is 49.2 Å². The number of thiazole rings is 1. The maximum atomic E-state index is 12.5. The highest BCUT2D eigenvalue weighted by Crippen LogP contribution is 2.41. The zero-order valence-electron chi connectivity index (χ0n) is 15.4. The first kappa shape index (κ1) is 17.6. The first-order valence-corrected chi connectivity index (χ1v) is 10.6. The molecule has 0 saturated carbocycles. The summed E-state index contributed by atoms with van der Waals surface area (Å²) in [6, 6.07) is 14.3. The first-order chi connectivity index (χ1) is 13.5. The minimum atomic E-state index is -0.0216. The zero-order chi connectivity index (χ0) is 19.4. The average Bonchev–Trinajstić information content (AvgIpc) is 3.21. The molecule has 0 fully saturated rings. The van der Waals surface area contributed by atoms with Crippen LogP contribution in [0.1, 0.15) is 34.7 Å². The smallest absolute Gasteiger partial charge is 0.226 e. The number of carbonyl (C=O) groups is 1. The number of fused-ring (bicyclic) bond motifs is 2. The van der Waals surface area contributed by atoms with E-state index in [0.29, 0.717) is 6.42 Å². The van der Waals surface area contributed by atoms with Gasteiger partial charge in [-0.2, -0.15) is 9.78 Å². The number of nitrogens with zero attached hydrogens (tertiary/aromatic N) is 3. The Hall–Kier alpha value is -2.51. The number of anilines is 1. The lowest BCUT2D eigenvalue weighted by Crippen LogP contribution is -2.24. The topological polar surface area (TPSA) is 59.8 Å². The molecular weight excluding hydrogens is 436 g/mol. The van der Waals surface area contributed by atoms with E-state index in [-0.39, 0.29) is 11.8 Å². The summed E-state index contributed by atoms with van der Waals surface area (Å²) < 4.78 is 3.90. The van der Waals surface area contributed by atoms with Gasteiger partial charge >= 0.3 is 0 Å². The second-order valence-corrected chi connectivity index (χ2v) is 9.01. The van der Waals surface area contributed by atoms with Crippen molar-refractivity contribution in [3.05, 3.63) is 69.3 Å². The summed E-state index contributed by atoms with van der Waals surface area (Å²) in [5.74, 6) is 0.705. The van der Waals surface area contributed by atoms with E-state index in [2.05, 4.69) is 52.4 Å². The summed E-state index contributed by atoms with van der Waals surface area (Å²) in [6.45, 7) is 4.07. The van der Waals surface area contributed by atoms with Gasteiger partial charge in [-0.1, -0.05) is 45.5 Å². The SMILES string of the molecule is Cc1ccc2nc(-n3nc(C)c4c3NC(=O)CC4c3cccc(Br)c3)sc2c1. The van der Waals surface area contributed by atoms with Crippen LogP contribution < -0.4 is 5.32 Å². The molecule has 28 heavy (non-hydrogen) atoms. The third-order valence-corrected chi connectivity index (χ3v) is 6.55. The predicted octanol–water partition coefficient (Wildman–Crippen LogP) is 5.34. The van der Waals surface area contributed by atoms with Crippen molar-refractivity contribution in [2.75, 3.05) is 5.32 Å². The molecule has 2 aromatic carbocycles. The molecule has 5 nitrogen and oxygen atoms in total. The Balaban J connectivity index is 1.68. The van der Waals surface area contributed by atoms with Crippen molar-refractivity contribution < 1.29 is 4.79 Å². The summed E-state index contributed by atoms with van der Waals surface area (Å²) in [6.07, 6.45) is 0.412. The summed E-state index contributed by atoms with van der Waals surface area (Å²) in [5.41, 5.74) is 5.22. The predicted molar refractivity (Wildman–Crippen MR) is 115 cm³/mol. The van der Waals surface area contributed by atoms with Crippen molar-refractivity contribution >= 4 is 49.2 Å². The van der Waals surface area contributed by atoms with E-state index in [1.165, 1.54) is 5.56 Å². The molecule has 140 valence electrons. The number of halogens is 1. The fraction of sp³-hybridized carbons (Fsp3) is 0.190. The number of benzene rings is 2. The highest BCUT2D eigenvalue weighted by molar-refractivity contribution is 9.10. The van der Waals surface area contributed by atoms with Gasteiger partial charge in [-0.25, -0.2) is 4.98 Å². The number of aromatic nitrogens is 3. The van der Waals surface area contributed by atoms with Crippen LogP contribution in [0.25, 0.3) is 15.3 Å².